The van der Waals surface area contributed by atoms with Gasteiger partial charge in [-0.25, -0.2) is 14.9 Å². The van der Waals surface area contributed by atoms with Crippen LogP contribution in [0.4, 0.5) is 10.8 Å². The van der Waals surface area contributed by atoms with Gasteiger partial charge in [0.25, 0.3) is 11.8 Å². The number of carbonyl (C=O) groups excluding carboxylic acids is 2. The molecule has 1 atom stereocenters. The van der Waals surface area contributed by atoms with Gasteiger partial charge in [0.15, 0.2) is 11.5 Å². The Bertz CT molecular complexity index is 1900. The second-order valence-corrected chi connectivity index (χ2v) is 11.6. The summed E-state index contributed by atoms with van der Waals surface area (Å²) in [5.41, 5.74) is 5.89. The number of amides is 2. The van der Waals surface area contributed by atoms with Gasteiger partial charge in [0, 0.05) is 22.4 Å². The molecule has 5 aromatic rings. The molecule has 1 unspecified atom stereocenters. The number of hydrogen-bond donors (Lipinski definition) is 0. The van der Waals surface area contributed by atoms with Crippen LogP contribution in [-0.4, -0.2) is 36.7 Å². The highest BCUT2D eigenvalue weighted by atomic mass is 35.5. The Morgan fingerprint density at radius 2 is 1.48 bits per heavy atom. The van der Waals surface area contributed by atoms with Crippen LogP contribution in [0.15, 0.2) is 101 Å². The molecule has 0 spiro atoms. The number of ether oxygens (including phenoxy) is 2. The number of methoxy groups -OCH3 is 2. The summed E-state index contributed by atoms with van der Waals surface area (Å²) in [6.45, 7) is 0. The van der Waals surface area contributed by atoms with E-state index in [4.69, 9.17) is 31.2 Å². The van der Waals surface area contributed by atoms with Gasteiger partial charge in [-0.1, -0.05) is 54.1 Å². The fourth-order valence-corrected chi connectivity index (χ4v) is 6.49. The van der Waals surface area contributed by atoms with E-state index < -0.39 is 0 Å². The van der Waals surface area contributed by atoms with E-state index in [2.05, 4.69) is 0 Å². The van der Waals surface area contributed by atoms with Crippen molar-refractivity contribution < 1.29 is 19.1 Å². The highest BCUT2D eigenvalue weighted by Gasteiger charge is 2.36. The number of anilines is 2. The average molecular weight is 621 g/mol. The first-order chi connectivity index (χ1) is 21.4. The van der Waals surface area contributed by atoms with E-state index in [-0.39, 0.29) is 17.9 Å². The predicted molar refractivity (Wildman–Crippen MR) is 173 cm³/mol. The largest absolute Gasteiger partial charge is 0.493 e. The molecule has 218 valence electrons. The summed E-state index contributed by atoms with van der Waals surface area (Å²) >= 11 is 7.64. The summed E-state index contributed by atoms with van der Waals surface area (Å²) in [5, 5.41) is 10.4. The standard InChI is InChI=1S/C34H25ClN4O4S/c1-42-30-16-11-22(17-31(30)43-2)29-18-27(20-7-12-23(35)13-8-20)37-39(29)34-36-28(19-44-34)21-9-14-24(15-10-21)38-32(40)25-5-3-4-6-26(25)33(38)41/h3-17,19,29H,18H2,1-2H3. The van der Waals surface area contributed by atoms with Gasteiger partial charge in [-0.2, -0.15) is 5.10 Å². The molecule has 3 heterocycles. The third kappa shape index (κ3) is 4.80. The summed E-state index contributed by atoms with van der Waals surface area (Å²) in [6.07, 6.45) is 0.654. The molecule has 1 aromatic heterocycles. The van der Waals surface area contributed by atoms with Gasteiger partial charge < -0.3 is 9.47 Å². The Labute approximate surface area is 262 Å². The van der Waals surface area contributed by atoms with Crippen LogP contribution in [0.1, 0.15) is 44.3 Å². The summed E-state index contributed by atoms with van der Waals surface area (Å²) in [4.78, 5) is 32.0. The quantitative estimate of drug-likeness (QED) is 0.174. The van der Waals surface area contributed by atoms with Crippen LogP contribution in [0.3, 0.4) is 0 Å². The number of fused-ring (bicyclic) bond motifs is 1. The topological polar surface area (TPSA) is 84.3 Å². The fraction of sp³-hybridized carbons (Fsp3) is 0.118. The van der Waals surface area contributed by atoms with Gasteiger partial charge >= 0.3 is 0 Å². The van der Waals surface area contributed by atoms with Crippen molar-refractivity contribution in [2.75, 3.05) is 24.1 Å². The Morgan fingerprint density at radius 3 is 2.14 bits per heavy atom. The zero-order valence-electron chi connectivity index (χ0n) is 23.7. The molecular formula is C34H25ClN4O4S. The number of rotatable bonds is 7. The van der Waals surface area contributed by atoms with E-state index in [0.717, 1.165) is 33.2 Å². The SMILES string of the molecule is COc1ccc(C2CC(c3ccc(Cl)cc3)=NN2c2nc(-c3ccc(N4C(=O)c5ccccc5C4=O)cc3)cs2)cc1OC. The lowest BCUT2D eigenvalue weighted by molar-refractivity contribution is 0.0926. The number of thiazole rings is 1. The van der Waals surface area contributed by atoms with Crippen molar-refractivity contribution in [3.63, 3.8) is 0 Å². The summed E-state index contributed by atoms with van der Waals surface area (Å²) in [5.74, 6) is 0.654. The van der Waals surface area contributed by atoms with Crippen molar-refractivity contribution in [3.05, 3.63) is 124 Å². The Kier molecular flexibility index (Phi) is 7.12. The highest BCUT2D eigenvalue weighted by molar-refractivity contribution is 7.14. The summed E-state index contributed by atoms with van der Waals surface area (Å²) in [6, 6.07) is 27.6. The second-order valence-electron chi connectivity index (χ2n) is 10.3. The zero-order chi connectivity index (χ0) is 30.4. The molecule has 0 saturated heterocycles. The molecule has 2 aliphatic heterocycles. The molecule has 2 amide bonds. The number of halogens is 1. The molecule has 0 saturated carbocycles. The molecule has 0 aliphatic carbocycles. The van der Waals surface area contributed by atoms with Crippen LogP contribution in [0, 0.1) is 0 Å². The Hall–Kier alpha value is -4.99. The molecule has 4 aromatic carbocycles. The maximum atomic E-state index is 12.9. The van der Waals surface area contributed by atoms with E-state index in [1.54, 1.807) is 50.6 Å². The second kappa shape index (κ2) is 11.3. The molecule has 0 radical (unpaired) electrons. The fourth-order valence-electron chi connectivity index (χ4n) is 5.53. The van der Waals surface area contributed by atoms with Crippen molar-refractivity contribution >= 4 is 51.3 Å². The minimum absolute atomic E-state index is 0.129. The third-order valence-electron chi connectivity index (χ3n) is 7.78. The van der Waals surface area contributed by atoms with Gasteiger partial charge in [-0.15, -0.1) is 11.3 Å². The maximum absolute atomic E-state index is 12.9. The number of hydrazone groups is 1. The van der Waals surface area contributed by atoms with Gasteiger partial charge in [-0.3, -0.25) is 9.59 Å². The Morgan fingerprint density at radius 1 is 0.818 bits per heavy atom. The van der Waals surface area contributed by atoms with Crippen LogP contribution in [0.25, 0.3) is 11.3 Å². The van der Waals surface area contributed by atoms with Crippen LogP contribution in [0.5, 0.6) is 11.5 Å². The smallest absolute Gasteiger partial charge is 0.266 e. The minimum atomic E-state index is -0.320. The molecular weight excluding hydrogens is 596 g/mol. The van der Waals surface area contributed by atoms with Crippen molar-refractivity contribution in [2.24, 2.45) is 5.10 Å². The highest BCUT2D eigenvalue weighted by Crippen LogP contribution is 2.42. The van der Waals surface area contributed by atoms with Gasteiger partial charge in [0.05, 0.1) is 48.5 Å². The third-order valence-corrected chi connectivity index (χ3v) is 8.87. The number of nitrogens with zero attached hydrogens (tertiary/aromatic N) is 4. The van der Waals surface area contributed by atoms with Crippen LogP contribution in [-0.2, 0) is 0 Å². The predicted octanol–water partition coefficient (Wildman–Crippen LogP) is 7.64. The van der Waals surface area contributed by atoms with Gasteiger partial charge in [-0.05, 0) is 59.7 Å². The first kappa shape index (κ1) is 27.8. The summed E-state index contributed by atoms with van der Waals surface area (Å²) in [7, 11) is 3.24. The van der Waals surface area contributed by atoms with Crippen molar-refractivity contribution in [3.8, 4) is 22.8 Å². The zero-order valence-corrected chi connectivity index (χ0v) is 25.3. The van der Waals surface area contributed by atoms with E-state index in [1.165, 1.54) is 16.2 Å². The molecule has 7 rings (SSSR count). The number of benzene rings is 4. The first-order valence-corrected chi connectivity index (χ1v) is 15.1. The lowest BCUT2D eigenvalue weighted by Crippen LogP contribution is -2.29. The Balaban J connectivity index is 1.20. The lowest BCUT2D eigenvalue weighted by atomic mass is 9.98. The molecule has 0 N–H and O–H groups in total. The van der Waals surface area contributed by atoms with E-state index >= 15 is 0 Å². The molecule has 44 heavy (non-hydrogen) atoms. The van der Waals surface area contributed by atoms with Crippen LogP contribution in [0.2, 0.25) is 5.02 Å². The van der Waals surface area contributed by atoms with Crippen LogP contribution < -0.4 is 19.4 Å². The number of hydrogen-bond acceptors (Lipinski definition) is 8. The van der Waals surface area contributed by atoms with Crippen molar-refractivity contribution in [1.29, 1.82) is 0 Å². The monoisotopic (exact) mass is 620 g/mol. The normalized spacial score (nSPS) is 15.9. The molecule has 2 aliphatic rings. The number of imide groups is 1. The molecule has 8 nitrogen and oxygen atoms in total. The number of carbonyl (C=O) groups is 2. The van der Waals surface area contributed by atoms with Crippen molar-refractivity contribution in [2.45, 2.75) is 12.5 Å². The first-order valence-electron chi connectivity index (χ1n) is 13.8. The minimum Gasteiger partial charge on any atom is -0.493 e. The number of aromatic nitrogens is 1. The van der Waals surface area contributed by atoms with E-state index in [0.29, 0.717) is 39.8 Å². The average Bonchev–Trinajstić information content (AvgIpc) is 3.78. The van der Waals surface area contributed by atoms with Crippen LogP contribution >= 0.6 is 22.9 Å². The molecule has 0 fully saturated rings. The molecule has 0 bridgehead atoms. The molecule has 10 heteroatoms. The van der Waals surface area contributed by atoms with Crippen molar-refractivity contribution in [1.82, 2.24) is 4.98 Å². The van der Waals surface area contributed by atoms with Gasteiger partial charge in [0.2, 0.25) is 5.13 Å². The van der Waals surface area contributed by atoms with Gasteiger partial charge in [0.1, 0.15) is 0 Å². The van der Waals surface area contributed by atoms with E-state index in [9.17, 15) is 9.59 Å². The lowest BCUT2D eigenvalue weighted by Gasteiger charge is -2.22. The summed E-state index contributed by atoms with van der Waals surface area (Å²) < 4.78 is 11.0. The maximum Gasteiger partial charge on any atom is 0.266 e. The van der Waals surface area contributed by atoms with E-state index in [1.807, 2.05) is 65.0 Å².